The van der Waals surface area contributed by atoms with Crippen molar-refractivity contribution < 1.29 is 19.1 Å². The molecule has 0 saturated heterocycles. The molecule has 2 aromatic rings. The number of amides is 2. The van der Waals surface area contributed by atoms with Crippen molar-refractivity contribution in [2.24, 2.45) is 0 Å². The molecule has 0 saturated carbocycles. The van der Waals surface area contributed by atoms with Gasteiger partial charge in [0.15, 0.2) is 0 Å². The van der Waals surface area contributed by atoms with Gasteiger partial charge in [0.2, 0.25) is 0 Å². The minimum atomic E-state index is -0.551. The second kappa shape index (κ2) is 7.92. The third kappa shape index (κ3) is 4.82. The van der Waals surface area contributed by atoms with Crippen molar-refractivity contribution in [3.05, 3.63) is 59.7 Å². The van der Waals surface area contributed by atoms with E-state index in [4.69, 9.17) is 9.47 Å². The molecule has 0 aliphatic heterocycles. The first-order chi connectivity index (χ1) is 13.2. The van der Waals surface area contributed by atoms with Crippen LogP contribution in [0.1, 0.15) is 44.4 Å². The average molecular weight is 382 g/mol. The van der Waals surface area contributed by atoms with Crippen molar-refractivity contribution in [2.45, 2.75) is 45.3 Å². The fourth-order valence-electron chi connectivity index (χ4n) is 3.17. The highest BCUT2D eigenvalue weighted by Crippen LogP contribution is 2.34. The molecular weight excluding hydrogens is 356 g/mol. The molecule has 0 bridgehead atoms. The highest BCUT2D eigenvalue weighted by atomic mass is 16.6. The van der Waals surface area contributed by atoms with Gasteiger partial charge in [-0.2, -0.15) is 0 Å². The van der Waals surface area contributed by atoms with E-state index in [1.54, 1.807) is 13.1 Å². The maximum Gasteiger partial charge on any atom is 0.419 e. The number of rotatable bonds is 3. The Bertz CT molecular complexity index is 859. The molecule has 0 radical (unpaired) electrons. The molecule has 0 heterocycles. The van der Waals surface area contributed by atoms with E-state index in [-0.39, 0.29) is 6.04 Å². The van der Waals surface area contributed by atoms with Crippen LogP contribution in [0, 0.1) is 0 Å². The summed E-state index contributed by atoms with van der Waals surface area (Å²) in [5.41, 5.74) is 2.29. The molecule has 6 nitrogen and oxygen atoms in total. The minimum Gasteiger partial charge on any atom is -0.444 e. The van der Waals surface area contributed by atoms with Crippen molar-refractivity contribution >= 4 is 17.9 Å². The number of anilines is 1. The van der Waals surface area contributed by atoms with E-state index < -0.39 is 17.8 Å². The van der Waals surface area contributed by atoms with Gasteiger partial charge in [-0.1, -0.05) is 24.3 Å². The molecule has 1 N–H and O–H groups in total. The van der Waals surface area contributed by atoms with Gasteiger partial charge in [0, 0.05) is 12.7 Å². The van der Waals surface area contributed by atoms with Crippen molar-refractivity contribution in [3.8, 4) is 5.75 Å². The largest absolute Gasteiger partial charge is 0.444 e. The van der Waals surface area contributed by atoms with Gasteiger partial charge in [-0.3, -0.25) is 4.90 Å². The van der Waals surface area contributed by atoms with Crippen LogP contribution in [0.15, 0.2) is 48.5 Å². The first kappa shape index (κ1) is 19.7. The summed E-state index contributed by atoms with van der Waals surface area (Å²) in [4.78, 5) is 26.0. The highest BCUT2D eigenvalue weighted by Gasteiger charge is 2.27. The summed E-state index contributed by atoms with van der Waals surface area (Å²) in [6.45, 7) is 5.49. The van der Waals surface area contributed by atoms with E-state index in [1.165, 1.54) is 4.90 Å². The summed E-state index contributed by atoms with van der Waals surface area (Å²) < 4.78 is 10.9. The Labute approximate surface area is 165 Å². The Hall–Kier alpha value is -3.02. The summed E-state index contributed by atoms with van der Waals surface area (Å²) >= 11 is 0. The summed E-state index contributed by atoms with van der Waals surface area (Å²) in [5.74, 6) is 0.449. The molecular formula is C22H26N2O4. The second-order valence-corrected chi connectivity index (χ2v) is 7.86. The number of carbonyl (C=O) groups is 2. The molecule has 6 heteroatoms. The molecule has 1 atom stereocenters. The third-order valence-corrected chi connectivity index (χ3v) is 4.51. The molecule has 1 aliphatic carbocycles. The molecule has 2 amide bonds. The minimum absolute atomic E-state index is 0.157. The summed E-state index contributed by atoms with van der Waals surface area (Å²) in [6.07, 6.45) is 0.724. The zero-order valence-corrected chi connectivity index (χ0v) is 16.7. The number of para-hydroxylation sites is 1. The van der Waals surface area contributed by atoms with Crippen LogP contribution in [0.2, 0.25) is 0 Å². The predicted molar refractivity (Wildman–Crippen MR) is 108 cm³/mol. The van der Waals surface area contributed by atoms with Crippen LogP contribution in [-0.4, -0.2) is 24.8 Å². The lowest BCUT2D eigenvalue weighted by Crippen LogP contribution is -2.34. The molecule has 0 fully saturated rings. The molecule has 0 spiro atoms. The van der Waals surface area contributed by atoms with Crippen molar-refractivity contribution in [1.82, 2.24) is 5.32 Å². The van der Waals surface area contributed by atoms with Crippen LogP contribution >= 0.6 is 0 Å². The number of hydrogen-bond acceptors (Lipinski definition) is 4. The monoisotopic (exact) mass is 382 g/mol. The van der Waals surface area contributed by atoms with E-state index in [9.17, 15) is 9.59 Å². The first-order valence-electron chi connectivity index (χ1n) is 9.36. The number of fused-ring (bicyclic) bond motifs is 1. The summed E-state index contributed by atoms with van der Waals surface area (Å²) in [7, 11) is 1.66. The van der Waals surface area contributed by atoms with Gasteiger partial charge in [0.05, 0.1) is 6.04 Å². The van der Waals surface area contributed by atoms with Crippen molar-refractivity contribution in [2.75, 3.05) is 11.9 Å². The SMILES string of the molecule is CN(C(=O)Oc1ccc2c(c1)C(NC(=O)OC(C)(C)C)CC2)c1ccccc1. The number of hydrogen-bond donors (Lipinski definition) is 1. The van der Waals surface area contributed by atoms with E-state index in [1.807, 2.05) is 63.2 Å². The molecule has 3 rings (SSSR count). The molecule has 1 aliphatic rings. The van der Waals surface area contributed by atoms with Crippen LogP contribution < -0.4 is 15.0 Å². The van der Waals surface area contributed by atoms with Crippen molar-refractivity contribution in [1.29, 1.82) is 0 Å². The first-order valence-corrected chi connectivity index (χ1v) is 9.36. The molecule has 1 unspecified atom stereocenters. The lowest BCUT2D eigenvalue weighted by Gasteiger charge is -2.22. The maximum atomic E-state index is 12.4. The second-order valence-electron chi connectivity index (χ2n) is 7.86. The standard InChI is InChI=1S/C22H26N2O4/c1-22(2,3)28-20(25)23-19-13-11-15-10-12-17(14-18(15)19)27-21(26)24(4)16-8-6-5-7-9-16/h5-10,12,14,19H,11,13H2,1-4H3,(H,23,25). The van der Waals surface area contributed by atoms with Crippen LogP contribution in [0.3, 0.4) is 0 Å². The maximum absolute atomic E-state index is 12.4. The number of nitrogens with zero attached hydrogens (tertiary/aromatic N) is 1. The third-order valence-electron chi connectivity index (χ3n) is 4.51. The van der Waals surface area contributed by atoms with E-state index in [2.05, 4.69) is 5.32 Å². The smallest absolute Gasteiger partial charge is 0.419 e. The average Bonchev–Trinajstić information content (AvgIpc) is 3.02. The Kier molecular flexibility index (Phi) is 5.58. The molecule has 2 aromatic carbocycles. The highest BCUT2D eigenvalue weighted by molar-refractivity contribution is 5.88. The fourth-order valence-corrected chi connectivity index (χ4v) is 3.17. The number of ether oxygens (including phenoxy) is 2. The lowest BCUT2D eigenvalue weighted by molar-refractivity contribution is 0.0503. The number of alkyl carbamates (subject to hydrolysis) is 1. The quantitative estimate of drug-likeness (QED) is 0.825. The number of benzene rings is 2. The van der Waals surface area contributed by atoms with Gasteiger partial charge < -0.3 is 14.8 Å². The lowest BCUT2D eigenvalue weighted by atomic mass is 10.1. The Morgan fingerprint density at radius 1 is 1.11 bits per heavy atom. The van der Waals surface area contributed by atoms with Crippen LogP contribution in [0.25, 0.3) is 0 Å². The fraction of sp³-hybridized carbons (Fsp3) is 0.364. The predicted octanol–water partition coefficient (Wildman–Crippen LogP) is 4.83. The topological polar surface area (TPSA) is 67.9 Å². The Balaban J connectivity index is 1.69. The molecule has 28 heavy (non-hydrogen) atoms. The van der Waals surface area contributed by atoms with Gasteiger partial charge in [-0.05, 0) is 69.0 Å². The zero-order chi connectivity index (χ0) is 20.3. The Morgan fingerprint density at radius 2 is 1.82 bits per heavy atom. The van der Waals surface area contributed by atoms with Crippen LogP contribution in [0.4, 0.5) is 15.3 Å². The van der Waals surface area contributed by atoms with Gasteiger partial charge in [-0.25, -0.2) is 9.59 Å². The number of nitrogens with one attached hydrogen (secondary N) is 1. The van der Waals surface area contributed by atoms with Crippen molar-refractivity contribution in [3.63, 3.8) is 0 Å². The van der Waals surface area contributed by atoms with Gasteiger partial charge in [-0.15, -0.1) is 0 Å². The normalized spacial score (nSPS) is 15.5. The van der Waals surface area contributed by atoms with Gasteiger partial charge >= 0.3 is 12.2 Å². The summed E-state index contributed by atoms with van der Waals surface area (Å²) in [6, 6.07) is 14.7. The van der Waals surface area contributed by atoms with Gasteiger partial charge in [0.1, 0.15) is 11.4 Å². The van der Waals surface area contributed by atoms with E-state index in [0.717, 1.165) is 29.7 Å². The number of carbonyl (C=O) groups excluding carboxylic acids is 2. The molecule has 0 aromatic heterocycles. The summed E-state index contributed by atoms with van der Waals surface area (Å²) in [5, 5.41) is 2.91. The zero-order valence-electron chi connectivity index (χ0n) is 16.7. The molecule has 148 valence electrons. The van der Waals surface area contributed by atoms with E-state index >= 15 is 0 Å². The van der Waals surface area contributed by atoms with Crippen LogP contribution in [-0.2, 0) is 11.2 Å². The van der Waals surface area contributed by atoms with E-state index in [0.29, 0.717) is 5.75 Å². The van der Waals surface area contributed by atoms with Gasteiger partial charge in [0.25, 0.3) is 0 Å². The number of aryl methyl sites for hydroxylation is 1. The Morgan fingerprint density at radius 3 is 2.50 bits per heavy atom. The van der Waals surface area contributed by atoms with Crippen LogP contribution in [0.5, 0.6) is 5.75 Å².